The summed E-state index contributed by atoms with van der Waals surface area (Å²) < 4.78 is 33.1. The van der Waals surface area contributed by atoms with Crippen LogP contribution in [0.4, 0.5) is 8.78 Å². The van der Waals surface area contributed by atoms with Crippen LogP contribution in [0.15, 0.2) is 29.1 Å². The molecule has 1 aliphatic heterocycles. The highest BCUT2D eigenvalue weighted by atomic mass is 19.2. The van der Waals surface area contributed by atoms with Crippen LogP contribution in [0.2, 0.25) is 0 Å². The zero-order valence-corrected chi connectivity index (χ0v) is 12.0. The maximum atomic E-state index is 13.5. The first-order valence-electron chi connectivity index (χ1n) is 6.74. The van der Waals surface area contributed by atoms with Crippen molar-refractivity contribution in [2.45, 2.75) is 19.3 Å². The van der Waals surface area contributed by atoms with Gasteiger partial charge < -0.3 is 9.30 Å². The number of esters is 1. The van der Waals surface area contributed by atoms with Crippen molar-refractivity contribution in [3.63, 3.8) is 0 Å². The van der Waals surface area contributed by atoms with Crippen LogP contribution in [-0.2, 0) is 11.8 Å². The predicted molar refractivity (Wildman–Crippen MR) is 74.9 cm³/mol. The van der Waals surface area contributed by atoms with Gasteiger partial charge in [-0.3, -0.25) is 9.59 Å². The van der Waals surface area contributed by atoms with Crippen molar-refractivity contribution in [3.05, 3.63) is 63.1 Å². The molecular formula is C16H13F2NO3. The molecule has 1 aromatic heterocycles. The number of carbonyl (C=O) groups is 1. The molecule has 0 amide bonds. The van der Waals surface area contributed by atoms with Gasteiger partial charge in [-0.05, 0) is 24.6 Å². The molecule has 0 fully saturated rings. The highest BCUT2D eigenvalue weighted by Crippen LogP contribution is 2.37. The molecular weight excluding hydrogens is 292 g/mol. The molecule has 0 unspecified atom stereocenters. The standard InChI is InChI=1S/C16H13F2NO3/c1-8-5-13-15(16(21)19(8)2)10(7-14(20)22-13)9-3-4-11(17)12(18)6-9/h3-6,10H,7H2,1-2H3/t10-/m1/s1. The van der Waals surface area contributed by atoms with Gasteiger partial charge in [0.2, 0.25) is 0 Å². The topological polar surface area (TPSA) is 48.3 Å². The SMILES string of the molecule is Cc1cc2c(c(=O)n1C)[C@@H](c1ccc(F)c(F)c1)CC(=O)O2. The molecule has 2 heterocycles. The molecule has 0 aliphatic carbocycles. The average Bonchev–Trinajstić information content (AvgIpc) is 2.46. The number of nitrogens with zero attached hydrogens (tertiary/aromatic N) is 1. The second-order valence-electron chi connectivity index (χ2n) is 5.33. The number of benzene rings is 1. The summed E-state index contributed by atoms with van der Waals surface area (Å²) in [6, 6.07) is 4.98. The van der Waals surface area contributed by atoms with Gasteiger partial charge in [-0.2, -0.15) is 0 Å². The summed E-state index contributed by atoms with van der Waals surface area (Å²) in [5, 5.41) is 0. The summed E-state index contributed by atoms with van der Waals surface area (Å²) in [5.74, 6) is -2.95. The highest BCUT2D eigenvalue weighted by Gasteiger charge is 2.32. The summed E-state index contributed by atoms with van der Waals surface area (Å²) >= 11 is 0. The normalized spacial score (nSPS) is 17.1. The Bertz CT molecular complexity index is 842. The Hall–Kier alpha value is -2.50. The smallest absolute Gasteiger partial charge is 0.312 e. The van der Waals surface area contributed by atoms with E-state index in [0.29, 0.717) is 16.8 Å². The van der Waals surface area contributed by atoms with E-state index in [4.69, 9.17) is 4.74 Å². The second kappa shape index (κ2) is 5.05. The number of halogens is 2. The number of carbonyl (C=O) groups excluding carboxylic acids is 1. The number of rotatable bonds is 1. The summed E-state index contributed by atoms with van der Waals surface area (Å²) in [4.78, 5) is 24.3. The fourth-order valence-corrected chi connectivity index (χ4v) is 2.66. The number of aryl methyl sites for hydroxylation is 1. The third-order valence-electron chi connectivity index (χ3n) is 3.96. The monoisotopic (exact) mass is 305 g/mol. The van der Waals surface area contributed by atoms with E-state index in [-0.39, 0.29) is 17.7 Å². The van der Waals surface area contributed by atoms with E-state index < -0.39 is 23.5 Å². The van der Waals surface area contributed by atoms with Crippen LogP contribution in [0.5, 0.6) is 5.75 Å². The minimum Gasteiger partial charge on any atom is -0.426 e. The summed E-state index contributed by atoms with van der Waals surface area (Å²) in [6.07, 6.45) is -0.0869. The molecule has 22 heavy (non-hydrogen) atoms. The number of aromatic nitrogens is 1. The van der Waals surface area contributed by atoms with Crippen LogP contribution < -0.4 is 10.3 Å². The van der Waals surface area contributed by atoms with E-state index in [0.717, 1.165) is 12.1 Å². The first-order valence-corrected chi connectivity index (χ1v) is 6.74. The third kappa shape index (κ3) is 2.20. The highest BCUT2D eigenvalue weighted by molar-refractivity contribution is 5.77. The van der Waals surface area contributed by atoms with Crippen molar-refractivity contribution < 1.29 is 18.3 Å². The van der Waals surface area contributed by atoms with E-state index in [1.165, 1.54) is 10.6 Å². The summed E-state index contributed by atoms with van der Waals surface area (Å²) in [7, 11) is 1.61. The van der Waals surface area contributed by atoms with Gasteiger partial charge in [0, 0.05) is 24.7 Å². The van der Waals surface area contributed by atoms with Crippen LogP contribution in [0, 0.1) is 18.6 Å². The molecule has 0 spiro atoms. The van der Waals surface area contributed by atoms with E-state index in [2.05, 4.69) is 0 Å². The van der Waals surface area contributed by atoms with Crippen molar-refractivity contribution in [1.82, 2.24) is 4.57 Å². The Labute approximate surface area is 125 Å². The third-order valence-corrected chi connectivity index (χ3v) is 3.96. The average molecular weight is 305 g/mol. The van der Waals surface area contributed by atoms with Gasteiger partial charge in [-0.1, -0.05) is 6.07 Å². The van der Waals surface area contributed by atoms with Crippen molar-refractivity contribution >= 4 is 5.97 Å². The number of hydrogen-bond acceptors (Lipinski definition) is 3. The van der Waals surface area contributed by atoms with Gasteiger partial charge >= 0.3 is 5.97 Å². The lowest BCUT2D eigenvalue weighted by atomic mass is 9.87. The molecule has 4 nitrogen and oxygen atoms in total. The van der Waals surface area contributed by atoms with E-state index in [1.54, 1.807) is 20.0 Å². The Balaban J connectivity index is 2.23. The molecule has 0 bridgehead atoms. The fraction of sp³-hybridized carbons (Fsp3) is 0.250. The van der Waals surface area contributed by atoms with Gasteiger partial charge in [-0.25, -0.2) is 8.78 Å². The number of pyridine rings is 1. The number of fused-ring (bicyclic) bond motifs is 1. The van der Waals surface area contributed by atoms with Crippen molar-refractivity contribution in [1.29, 1.82) is 0 Å². The van der Waals surface area contributed by atoms with Crippen LogP contribution in [0.3, 0.4) is 0 Å². The molecule has 114 valence electrons. The Kier molecular flexibility index (Phi) is 3.31. The predicted octanol–water partition coefficient (Wildman–Crippen LogP) is 2.41. The fourth-order valence-electron chi connectivity index (χ4n) is 2.66. The van der Waals surface area contributed by atoms with E-state index >= 15 is 0 Å². The molecule has 1 atom stereocenters. The Morgan fingerprint density at radius 1 is 1.18 bits per heavy atom. The zero-order valence-electron chi connectivity index (χ0n) is 12.0. The van der Waals surface area contributed by atoms with Crippen molar-refractivity contribution in [2.24, 2.45) is 7.05 Å². The molecule has 1 aromatic carbocycles. The van der Waals surface area contributed by atoms with Gasteiger partial charge in [0.1, 0.15) is 5.75 Å². The van der Waals surface area contributed by atoms with Crippen LogP contribution in [0.1, 0.15) is 29.2 Å². The van der Waals surface area contributed by atoms with Crippen LogP contribution in [0.25, 0.3) is 0 Å². The lowest BCUT2D eigenvalue weighted by Gasteiger charge is -2.25. The molecule has 1 aliphatic rings. The van der Waals surface area contributed by atoms with Crippen molar-refractivity contribution in [2.75, 3.05) is 0 Å². The molecule has 0 saturated carbocycles. The molecule has 0 N–H and O–H groups in total. The maximum Gasteiger partial charge on any atom is 0.312 e. The molecule has 0 saturated heterocycles. The first kappa shape index (κ1) is 14.4. The molecule has 3 rings (SSSR count). The minimum absolute atomic E-state index is 0.0869. The second-order valence-corrected chi connectivity index (χ2v) is 5.33. The van der Waals surface area contributed by atoms with Gasteiger partial charge in [-0.15, -0.1) is 0 Å². The van der Waals surface area contributed by atoms with Crippen LogP contribution >= 0.6 is 0 Å². The van der Waals surface area contributed by atoms with Crippen LogP contribution in [-0.4, -0.2) is 10.5 Å². The van der Waals surface area contributed by atoms with E-state index in [9.17, 15) is 18.4 Å². The molecule has 6 heteroatoms. The lowest BCUT2D eigenvalue weighted by Crippen LogP contribution is -2.32. The molecule has 2 aromatic rings. The number of ether oxygens (including phenoxy) is 1. The van der Waals surface area contributed by atoms with Crippen molar-refractivity contribution in [3.8, 4) is 5.75 Å². The Morgan fingerprint density at radius 2 is 1.91 bits per heavy atom. The van der Waals surface area contributed by atoms with Gasteiger partial charge in [0.15, 0.2) is 11.6 Å². The zero-order chi connectivity index (χ0) is 16.0. The quantitative estimate of drug-likeness (QED) is 0.760. The first-order chi connectivity index (χ1) is 10.4. The van der Waals surface area contributed by atoms with Gasteiger partial charge in [0.05, 0.1) is 12.0 Å². The molecule has 0 radical (unpaired) electrons. The largest absolute Gasteiger partial charge is 0.426 e. The summed E-state index contributed by atoms with van der Waals surface area (Å²) in [5.41, 5.74) is 0.996. The van der Waals surface area contributed by atoms with Gasteiger partial charge in [0.25, 0.3) is 5.56 Å². The number of hydrogen-bond donors (Lipinski definition) is 0. The van der Waals surface area contributed by atoms with E-state index in [1.807, 2.05) is 0 Å². The minimum atomic E-state index is -1.01. The maximum absolute atomic E-state index is 13.5. The lowest BCUT2D eigenvalue weighted by molar-refractivity contribution is -0.135. The summed E-state index contributed by atoms with van der Waals surface area (Å²) in [6.45, 7) is 1.72. The Morgan fingerprint density at radius 3 is 2.59 bits per heavy atom.